The molecule has 0 saturated carbocycles. The molecule has 1 aromatic carbocycles. The predicted octanol–water partition coefficient (Wildman–Crippen LogP) is 3.09. The first-order chi connectivity index (χ1) is 9.66. The number of hydrogen-bond donors (Lipinski definition) is 2. The van der Waals surface area contributed by atoms with E-state index in [0.717, 1.165) is 17.5 Å². The summed E-state index contributed by atoms with van der Waals surface area (Å²) in [5.41, 5.74) is 7.79. The number of hydrogen-bond acceptors (Lipinski definition) is 3. The number of rotatable bonds is 6. The molecule has 2 atom stereocenters. The summed E-state index contributed by atoms with van der Waals surface area (Å²) in [6.07, 6.45) is 0.303. The van der Waals surface area contributed by atoms with E-state index in [-0.39, 0.29) is 17.5 Å². The first kappa shape index (κ1) is 17.5. The minimum absolute atomic E-state index is 0.113. The van der Waals surface area contributed by atoms with E-state index in [9.17, 15) is 4.79 Å². The Morgan fingerprint density at radius 2 is 2.00 bits per heavy atom. The van der Waals surface area contributed by atoms with E-state index in [0.29, 0.717) is 5.75 Å². The molecular weight excluding hydrogens is 264 g/mol. The fourth-order valence-corrected chi connectivity index (χ4v) is 1.90. The maximum atomic E-state index is 12.2. The van der Waals surface area contributed by atoms with Gasteiger partial charge in [-0.1, -0.05) is 24.6 Å². The smallest absolute Gasteiger partial charge is 0.261 e. The van der Waals surface area contributed by atoms with Crippen molar-refractivity contribution in [1.82, 2.24) is 5.32 Å². The summed E-state index contributed by atoms with van der Waals surface area (Å²) in [4.78, 5) is 12.2. The Bertz CT molecular complexity index is 496. The van der Waals surface area contributed by atoms with Gasteiger partial charge < -0.3 is 15.8 Å². The van der Waals surface area contributed by atoms with Gasteiger partial charge in [0.25, 0.3) is 5.91 Å². The molecule has 1 rings (SSSR count). The largest absolute Gasteiger partial charge is 0.481 e. The van der Waals surface area contributed by atoms with Gasteiger partial charge in [-0.15, -0.1) is 0 Å². The van der Waals surface area contributed by atoms with Crippen LogP contribution in [-0.2, 0) is 4.79 Å². The van der Waals surface area contributed by atoms with Crippen LogP contribution in [0.5, 0.6) is 5.75 Å². The Kier molecular flexibility index (Phi) is 5.78. The normalized spacial score (nSPS) is 14.4. The van der Waals surface area contributed by atoms with Crippen molar-refractivity contribution in [3.05, 3.63) is 29.3 Å². The number of carbonyl (C=O) groups excluding carboxylic acids is 1. The highest BCUT2D eigenvalue weighted by Gasteiger charge is 2.23. The average molecular weight is 292 g/mol. The molecule has 1 unspecified atom stereocenters. The first-order valence-electron chi connectivity index (χ1n) is 7.51. The number of benzene rings is 1. The van der Waals surface area contributed by atoms with Crippen molar-refractivity contribution >= 4 is 5.91 Å². The molecule has 3 N–H and O–H groups in total. The highest BCUT2D eigenvalue weighted by molar-refractivity contribution is 5.81. The van der Waals surface area contributed by atoms with Gasteiger partial charge in [0.05, 0.1) is 0 Å². The number of nitrogens with one attached hydrogen (secondary N) is 1. The third-order valence-corrected chi connectivity index (χ3v) is 3.67. The minimum Gasteiger partial charge on any atom is -0.481 e. The maximum absolute atomic E-state index is 12.2. The van der Waals surface area contributed by atoms with E-state index in [1.54, 1.807) is 6.92 Å². The van der Waals surface area contributed by atoms with Gasteiger partial charge in [-0.05, 0) is 47.1 Å². The fourth-order valence-electron chi connectivity index (χ4n) is 1.90. The number of amides is 1. The van der Waals surface area contributed by atoms with Gasteiger partial charge >= 0.3 is 0 Å². The molecule has 0 aromatic heterocycles. The van der Waals surface area contributed by atoms with Crippen molar-refractivity contribution < 1.29 is 9.53 Å². The molecule has 0 radical (unpaired) electrons. The molecule has 0 heterocycles. The van der Waals surface area contributed by atoms with Crippen LogP contribution in [0.1, 0.15) is 58.2 Å². The molecule has 1 aromatic rings. The van der Waals surface area contributed by atoms with Crippen LogP contribution in [0.25, 0.3) is 0 Å². The molecule has 118 valence electrons. The molecule has 0 spiro atoms. The van der Waals surface area contributed by atoms with Gasteiger partial charge in [0.15, 0.2) is 6.10 Å². The van der Waals surface area contributed by atoms with Gasteiger partial charge in [-0.2, -0.15) is 0 Å². The zero-order valence-corrected chi connectivity index (χ0v) is 14.0. The third kappa shape index (κ3) is 5.05. The molecule has 4 heteroatoms. The second kappa shape index (κ2) is 6.94. The summed E-state index contributed by atoms with van der Waals surface area (Å²) < 4.78 is 5.82. The van der Waals surface area contributed by atoms with Crippen LogP contribution in [0.2, 0.25) is 0 Å². The van der Waals surface area contributed by atoms with E-state index >= 15 is 0 Å². The van der Waals surface area contributed by atoms with Crippen LogP contribution in [0, 0.1) is 6.92 Å². The lowest BCUT2D eigenvalue weighted by atomic mass is 10.0. The summed E-state index contributed by atoms with van der Waals surface area (Å²) in [5.74, 6) is 0.561. The van der Waals surface area contributed by atoms with Crippen LogP contribution < -0.4 is 15.8 Å². The van der Waals surface area contributed by atoms with E-state index in [4.69, 9.17) is 10.5 Å². The topological polar surface area (TPSA) is 64.3 Å². The van der Waals surface area contributed by atoms with Crippen molar-refractivity contribution in [3.63, 3.8) is 0 Å². The average Bonchev–Trinajstić information content (AvgIpc) is 2.40. The Morgan fingerprint density at radius 1 is 1.38 bits per heavy atom. The standard InChI is InChI=1S/C17H28N2O2/c1-7-17(5,6)19-16(20)13(4)21-15-9-8-11(2)10-14(15)12(3)18/h8-10,12-13H,7,18H2,1-6H3,(H,19,20)/t12-,13?/m1/s1. The van der Waals surface area contributed by atoms with E-state index in [1.807, 2.05) is 52.8 Å². The molecule has 0 aliphatic rings. The van der Waals surface area contributed by atoms with Crippen molar-refractivity contribution in [3.8, 4) is 5.75 Å². The number of aryl methyl sites for hydroxylation is 1. The lowest BCUT2D eigenvalue weighted by molar-refractivity contribution is -0.129. The summed E-state index contributed by atoms with van der Waals surface area (Å²) in [6.45, 7) is 11.7. The molecule has 0 fully saturated rings. The zero-order valence-electron chi connectivity index (χ0n) is 14.0. The Balaban J connectivity index is 2.84. The van der Waals surface area contributed by atoms with E-state index in [1.165, 1.54) is 0 Å². The Hall–Kier alpha value is -1.55. The quantitative estimate of drug-likeness (QED) is 0.847. The molecule has 4 nitrogen and oxygen atoms in total. The molecule has 0 bridgehead atoms. The molecule has 0 saturated heterocycles. The van der Waals surface area contributed by atoms with Crippen LogP contribution in [0.15, 0.2) is 18.2 Å². The van der Waals surface area contributed by atoms with E-state index < -0.39 is 6.10 Å². The molecule has 1 amide bonds. The first-order valence-corrected chi connectivity index (χ1v) is 7.51. The monoisotopic (exact) mass is 292 g/mol. The number of nitrogens with two attached hydrogens (primary N) is 1. The lowest BCUT2D eigenvalue weighted by Gasteiger charge is -2.27. The van der Waals surface area contributed by atoms with Gasteiger partial charge in [0.2, 0.25) is 0 Å². The van der Waals surface area contributed by atoms with Crippen LogP contribution in [0.3, 0.4) is 0 Å². The van der Waals surface area contributed by atoms with Gasteiger partial charge in [-0.25, -0.2) is 0 Å². The van der Waals surface area contributed by atoms with Crippen molar-refractivity contribution in [2.75, 3.05) is 0 Å². The molecule has 0 aliphatic carbocycles. The Morgan fingerprint density at radius 3 is 2.52 bits per heavy atom. The van der Waals surface area contributed by atoms with Crippen molar-refractivity contribution in [2.24, 2.45) is 5.73 Å². The fraction of sp³-hybridized carbons (Fsp3) is 0.588. The number of ether oxygens (including phenoxy) is 1. The third-order valence-electron chi connectivity index (χ3n) is 3.67. The van der Waals surface area contributed by atoms with Crippen molar-refractivity contribution in [1.29, 1.82) is 0 Å². The summed E-state index contributed by atoms with van der Waals surface area (Å²) >= 11 is 0. The summed E-state index contributed by atoms with van der Waals surface area (Å²) in [5, 5.41) is 2.99. The molecule has 0 aliphatic heterocycles. The minimum atomic E-state index is -0.559. The van der Waals surface area contributed by atoms with Crippen LogP contribution in [0.4, 0.5) is 0 Å². The van der Waals surface area contributed by atoms with Crippen LogP contribution >= 0.6 is 0 Å². The second-order valence-electron chi connectivity index (χ2n) is 6.32. The Labute approximate surface area is 128 Å². The van der Waals surface area contributed by atoms with Crippen molar-refractivity contribution in [2.45, 2.75) is 65.6 Å². The number of carbonyl (C=O) groups is 1. The lowest BCUT2D eigenvalue weighted by Crippen LogP contribution is -2.48. The van der Waals surface area contributed by atoms with Crippen LogP contribution in [-0.4, -0.2) is 17.6 Å². The van der Waals surface area contributed by atoms with Gasteiger partial charge in [0, 0.05) is 17.1 Å². The van der Waals surface area contributed by atoms with E-state index in [2.05, 4.69) is 5.32 Å². The predicted molar refractivity (Wildman–Crippen MR) is 86.4 cm³/mol. The summed E-state index contributed by atoms with van der Waals surface area (Å²) in [7, 11) is 0. The highest BCUT2D eigenvalue weighted by Crippen LogP contribution is 2.26. The maximum Gasteiger partial charge on any atom is 0.261 e. The zero-order chi connectivity index (χ0) is 16.2. The molecular formula is C17H28N2O2. The highest BCUT2D eigenvalue weighted by atomic mass is 16.5. The SMILES string of the molecule is CCC(C)(C)NC(=O)C(C)Oc1ccc(C)cc1[C@@H](C)N. The summed E-state index contributed by atoms with van der Waals surface area (Å²) in [6, 6.07) is 5.70. The second-order valence-corrected chi connectivity index (χ2v) is 6.32. The van der Waals surface area contributed by atoms with Gasteiger partial charge in [0.1, 0.15) is 5.75 Å². The molecule has 21 heavy (non-hydrogen) atoms. The van der Waals surface area contributed by atoms with Gasteiger partial charge in [-0.3, -0.25) is 4.79 Å².